The number of piperidine rings is 1. The van der Waals surface area contributed by atoms with Crippen LogP contribution >= 0.6 is 0 Å². The molecular formula is C15H26N4O. The molecule has 0 radical (unpaired) electrons. The molecule has 2 saturated heterocycles. The number of aliphatic hydroxyl groups excluding tert-OH is 1. The fourth-order valence-corrected chi connectivity index (χ4v) is 3.60. The number of nitrogens with one attached hydrogen (secondary N) is 1. The number of nitrogens with zero attached hydrogens (tertiary/aromatic N) is 3. The van der Waals surface area contributed by atoms with Gasteiger partial charge in [0.15, 0.2) is 0 Å². The normalized spacial score (nSPS) is 25.4. The third-order valence-electron chi connectivity index (χ3n) is 4.72. The largest absolute Gasteiger partial charge is 0.394 e. The number of aliphatic hydroxyl groups is 1. The van der Waals surface area contributed by atoms with Crippen molar-refractivity contribution in [3.63, 3.8) is 0 Å². The minimum atomic E-state index is 0.154. The predicted octanol–water partition coefficient (Wildman–Crippen LogP) is 0.839. The molecule has 2 aliphatic rings. The zero-order valence-corrected chi connectivity index (χ0v) is 12.2. The Morgan fingerprint density at radius 3 is 2.85 bits per heavy atom. The SMILES string of the molecule is OCCn1cc(CN2CCC(C3CCCN3)CC2)cn1. The Bertz CT molecular complexity index is 406. The molecule has 2 aliphatic heterocycles. The summed E-state index contributed by atoms with van der Waals surface area (Å²) in [5, 5.41) is 16.8. The molecule has 0 amide bonds. The maximum atomic E-state index is 8.91. The van der Waals surface area contributed by atoms with Crippen molar-refractivity contribution in [3.05, 3.63) is 18.0 Å². The second kappa shape index (κ2) is 6.70. The molecule has 3 heterocycles. The molecule has 2 N–H and O–H groups in total. The fraction of sp³-hybridized carbons (Fsp3) is 0.800. The summed E-state index contributed by atoms with van der Waals surface area (Å²) in [5.41, 5.74) is 1.26. The van der Waals surface area contributed by atoms with Crippen molar-refractivity contribution < 1.29 is 5.11 Å². The van der Waals surface area contributed by atoms with E-state index in [2.05, 4.69) is 21.5 Å². The quantitative estimate of drug-likeness (QED) is 0.838. The zero-order valence-electron chi connectivity index (χ0n) is 12.2. The van der Waals surface area contributed by atoms with Crippen molar-refractivity contribution in [2.45, 2.75) is 44.8 Å². The van der Waals surface area contributed by atoms with Gasteiger partial charge in [-0.1, -0.05) is 0 Å². The second-order valence-corrected chi connectivity index (χ2v) is 6.15. The van der Waals surface area contributed by atoms with Crippen LogP contribution in [0, 0.1) is 5.92 Å². The van der Waals surface area contributed by atoms with Crippen LogP contribution in [0.1, 0.15) is 31.2 Å². The first-order valence-electron chi connectivity index (χ1n) is 7.93. The van der Waals surface area contributed by atoms with Gasteiger partial charge < -0.3 is 10.4 Å². The minimum Gasteiger partial charge on any atom is -0.394 e. The van der Waals surface area contributed by atoms with E-state index in [4.69, 9.17) is 5.11 Å². The first kappa shape index (κ1) is 14.0. The Labute approximate surface area is 121 Å². The molecule has 0 bridgehead atoms. The van der Waals surface area contributed by atoms with E-state index in [-0.39, 0.29) is 6.61 Å². The third kappa shape index (κ3) is 3.40. The first-order chi connectivity index (χ1) is 9.85. The van der Waals surface area contributed by atoms with Crippen LogP contribution in [-0.4, -0.2) is 52.1 Å². The Morgan fingerprint density at radius 1 is 1.30 bits per heavy atom. The van der Waals surface area contributed by atoms with Gasteiger partial charge in [-0.2, -0.15) is 5.10 Å². The van der Waals surface area contributed by atoms with E-state index in [1.165, 1.54) is 50.9 Å². The molecule has 1 aromatic heterocycles. The van der Waals surface area contributed by atoms with Crippen LogP contribution in [0.25, 0.3) is 0 Å². The minimum absolute atomic E-state index is 0.154. The molecule has 20 heavy (non-hydrogen) atoms. The second-order valence-electron chi connectivity index (χ2n) is 6.15. The Morgan fingerprint density at radius 2 is 2.15 bits per heavy atom. The number of rotatable bonds is 5. The topological polar surface area (TPSA) is 53.3 Å². The van der Waals surface area contributed by atoms with Crippen LogP contribution < -0.4 is 5.32 Å². The van der Waals surface area contributed by atoms with E-state index < -0.39 is 0 Å². The lowest BCUT2D eigenvalue weighted by Gasteiger charge is -2.34. The van der Waals surface area contributed by atoms with Gasteiger partial charge in [-0.05, 0) is 51.2 Å². The van der Waals surface area contributed by atoms with Crippen LogP contribution in [0.3, 0.4) is 0 Å². The Balaban J connectivity index is 1.45. The van der Waals surface area contributed by atoms with Crippen molar-refractivity contribution in [2.75, 3.05) is 26.2 Å². The first-order valence-corrected chi connectivity index (χ1v) is 7.93. The number of hydrogen-bond donors (Lipinski definition) is 2. The lowest BCUT2D eigenvalue weighted by molar-refractivity contribution is 0.157. The van der Waals surface area contributed by atoms with Crippen molar-refractivity contribution in [1.29, 1.82) is 0 Å². The summed E-state index contributed by atoms with van der Waals surface area (Å²) >= 11 is 0. The smallest absolute Gasteiger partial charge is 0.0640 e. The molecular weight excluding hydrogens is 252 g/mol. The fourth-order valence-electron chi connectivity index (χ4n) is 3.60. The molecule has 2 fully saturated rings. The van der Waals surface area contributed by atoms with Gasteiger partial charge >= 0.3 is 0 Å². The van der Waals surface area contributed by atoms with Gasteiger partial charge in [0.25, 0.3) is 0 Å². The Kier molecular flexibility index (Phi) is 4.70. The number of hydrogen-bond acceptors (Lipinski definition) is 4. The van der Waals surface area contributed by atoms with Crippen LogP contribution in [0.5, 0.6) is 0 Å². The highest BCUT2D eigenvalue weighted by atomic mass is 16.3. The molecule has 0 aliphatic carbocycles. The molecule has 1 aromatic rings. The van der Waals surface area contributed by atoms with Crippen LogP contribution in [0.15, 0.2) is 12.4 Å². The standard InChI is InChI=1S/C15H26N4O/c20-9-8-19-12-13(10-17-19)11-18-6-3-14(4-7-18)15-2-1-5-16-15/h10,12,14-16,20H,1-9,11H2. The maximum Gasteiger partial charge on any atom is 0.0640 e. The molecule has 1 unspecified atom stereocenters. The van der Waals surface area contributed by atoms with E-state index in [1.807, 2.05) is 10.9 Å². The molecule has 5 heteroatoms. The van der Waals surface area contributed by atoms with Gasteiger partial charge in [0.2, 0.25) is 0 Å². The average molecular weight is 278 g/mol. The zero-order chi connectivity index (χ0) is 13.8. The van der Waals surface area contributed by atoms with Gasteiger partial charge in [0.05, 0.1) is 19.3 Å². The van der Waals surface area contributed by atoms with Gasteiger partial charge in [-0.15, -0.1) is 0 Å². The van der Waals surface area contributed by atoms with Gasteiger partial charge in [-0.25, -0.2) is 0 Å². The highest BCUT2D eigenvalue weighted by molar-refractivity contribution is 5.04. The summed E-state index contributed by atoms with van der Waals surface area (Å²) in [4.78, 5) is 2.53. The average Bonchev–Trinajstić information content (AvgIpc) is 3.12. The van der Waals surface area contributed by atoms with Crippen LogP contribution in [0.2, 0.25) is 0 Å². The van der Waals surface area contributed by atoms with Crippen LogP contribution in [-0.2, 0) is 13.1 Å². The number of aromatic nitrogens is 2. The lowest BCUT2D eigenvalue weighted by Crippen LogP contribution is -2.40. The summed E-state index contributed by atoms with van der Waals surface area (Å²) in [7, 11) is 0. The van der Waals surface area contributed by atoms with Crippen LogP contribution in [0.4, 0.5) is 0 Å². The van der Waals surface area contributed by atoms with Crippen molar-refractivity contribution >= 4 is 0 Å². The van der Waals surface area contributed by atoms with E-state index >= 15 is 0 Å². The summed E-state index contributed by atoms with van der Waals surface area (Å²) < 4.78 is 1.82. The van der Waals surface area contributed by atoms with Crippen molar-refractivity contribution in [2.24, 2.45) is 5.92 Å². The van der Waals surface area contributed by atoms with E-state index in [0.29, 0.717) is 6.54 Å². The van der Waals surface area contributed by atoms with Gasteiger partial charge in [0.1, 0.15) is 0 Å². The molecule has 3 rings (SSSR count). The number of likely N-dealkylation sites (tertiary alicyclic amines) is 1. The Hall–Kier alpha value is -0.910. The monoisotopic (exact) mass is 278 g/mol. The summed E-state index contributed by atoms with van der Waals surface area (Å²) in [6, 6.07) is 0.782. The molecule has 0 spiro atoms. The summed E-state index contributed by atoms with van der Waals surface area (Å²) in [5.74, 6) is 0.880. The summed E-state index contributed by atoms with van der Waals surface area (Å²) in [6.07, 6.45) is 9.36. The molecule has 1 atom stereocenters. The van der Waals surface area contributed by atoms with E-state index in [0.717, 1.165) is 18.5 Å². The summed E-state index contributed by atoms with van der Waals surface area (Å²) in [6.45, 7) is 5.36. The molecule has 5 nitrogen and oxygen atoms in total. The highest BCUT2D eigenvalue weighted by Crippen LogP contribution is 2.26. The van der Waals surface area contributed by atoms with Crippen molar-refractivity contribution in [1.82, 2.24) is 20.0 Å². The van der Waals surface area contributed by atoms with E-state index in [9.17, 15) is 0 Å². The highest BCUT2D eigenvalue weighted by Gasteiger charge is 2.28. The van der Waals surface area contributed by atoms with Crippen molar-refractivity contribution in [3.8, 4) is 0 Å². The van der Waals surface area contributed by atoms with Gasteiger partial charge in [-0.3, -0.25) is 9.58 Å². The predicted molar refractivity (Wildman–Crippen MR) is 78.3 cm³/mol. The van der Waals surface area contributed by atoms with E-state index in [1.54, 1.807) is 0 Å². The maximum absolute atomic E-state index is 8.91. The third-order valence-corrected chi connectivity index (χ3v) is 4.72. The lowest BCUT2D eigenvalue weighted by atomic mass is 9.88. The van der Waals surface area contributed by atoms with Gasteiger partial charge in [0, 0.05) is 24.3 Å². The molecule has 0 saturated carbocycles. The molecule has 0 aromatic carbocycles. The molecule has 112 valence electrons.